The fourth-order valence-electron chi connectivity index (χ4n) is 3.28. The van der Waals surface area contributed by atoms with Crippen molar-refractivity contribution in [3.05, 3.63) is 66.2 Å². The normalized spacial score (nSPS) is 16.3. The highest BCUT2D eigenvalue weighted by Gasteiger charge is 2.33. The first-order valence-electron chi connectivity index (χ1n) is 9.69. The van der Waals surface area contributed by atoms with Crippen molar-refractivity contribution in [2.24, 2.45) is 17.3 Å². The Morgan fingerprint density at radius 3 is 2.70 bits per heavy atom. The molecule has 1 saturated heterocycles. The Morgan fingerprint density at radius 2 is 2.03 bits per heavy atom. The monoisotopic (exact) mass is 414 g/mol. The lowest BCUT2D eigenvalue weighted by molar-refractivity contribution is 0.122. The lowest BCUT2D eigenvalue weighted by atomic mass is 10.0. The molecule has 1 amide bonds. The van der Waals surface area contributed by atoms with Gasteiger partial charge in [-0.15, -0.1) is 0 Å². The number of halogens is 1. The molecular weight excluding hydrogens is 387 g/mol. The van der Waals surface area contributed by atoms with E-state index in [1.54, 1.807) is 12.1 Å². The van der Waals surface area contributed by atoms with E-state index in [-0.39, 0.29) is 13.1 Å². The number of anilines is 1. The minimum atomic E-state index is -0.536. The molecule has 160 valence electrons. The van der Waals surface area contributed by atoms with Crippen molar-refractivity contribution in [3.63, 3.8) is 0 Å². The summed E-state index contributed by atoms with van der Waals surface area (Å²) in [5, 5.41) is 4.55. The van der Waals surface area contributed by atoms with E-state index in [0.29, 0.717) is 24.3 Å². The van der Waals surface area contributed by atoms with Crippen molar-refractivity contribution in [2.45, 2.75) is 12.6 Å². The van der Waals surface area contributed by atoms with Crippen LogP contribution >= 0.6 is 0 Å². The number of ether oxygens (including phenoxy) is 1. The van der Waals surface area contributed by atoms with Crippen LogP contribution < -0.4 is 27.5 Å². The fraction of sp³-hybridized carbons (Fsp3) is 0.286. The third kappa shape index (κ3) is 5.26. The summed E-state index contributed by atoms with van der Waals surface area (Å²) in [6.07, 6.45) is 1.80. The molecule has 30 heavy (non-hydrogen) atoms. The molecule has 1 atom stereocenters. The van der Waals surface area contributed by atoms with Crippen LogP contribution in [0.3, 0.4) is 0 Å². The van der Waals surface area contributed by atoms with Crippen LogP contribution in [0.25, 0.3) is 11.1 Å². The van der Waals surface area contributed by atoms with E-state index in [2.05, 4.69) is 5.32 Å². The third-order valence-corrected chi connectivity index (χ3v) is 4.75. The van der Waals surface area contributed by atoms with Gasteiger partial charge in [0.1, 0.15) is 11.9 Å². The summed E-state index contributed by atoms with van der Waals surface area (Å²) < 4.78 is 20.1. The van der Waals surface area contributed by atoms with Gasteiger partial charge in [0.05, 0.1) is 18.8 Å². The summed E-state index contributed by atoms with van der Waals surface area (Å²) in [5.41, 5.74) is 13.5. The van der Waals surface area contributed by atoms with Crippen LogP contribution in [0.15, 0.2) is 54.9 Å². The molecule has 0 spiro atoms. The zero-order valence-electron chi connectivity index (χ0n) is 16.6. The van der Waals surface area contributed by atoms with E-state index in [1.165, 1.54) is 28.4 Å². The van der Waals surface area contributed by atoms with E-state index >= 15 is 0 Å². The molecule has 1 aliphatic rings. The predicted molar refractivity (Wildman–Crippen MR) is 114 cm³/mol. The lowest BCUT2D eigenvalue weighted by Gasteiger charge is -2.17. The number of hydrazine groups is 1. The minimum Gasteiger partial charge on any atom is -0.442 e. The second kappa shape index (κ2) is 10.1. The summed E-state index contributed by atoms with van der Waals surface area (Å²) in [7, 11) is 0. The zero-order valence-corrected chi connectivity index (χ0v) is 16.6. The molecule has 1 fully saturated rings. The van der Waals surface area contributed by atoms with Crippen LogP contribution in [-0.4, -0.2) is 43.4 Å². The predicted octanol–water partition coefficient (Wildman–Crippen LogP) is 1.47. The van der Waals surface area contributed by atoms with Crippen LogP contribution in [0.5, 0.6) is 0 Å². The molecule has 8 nitrogen and oxygen atoms in total. The van der Waals surface area contributed by atoms with E-state index in [9.17, 15) is 9.18 Å². The van der Waals surface area contributed by atoms with Crippen molar-refractivity contribution in [3.8, 4) is 11.1 Å². The quantitative estimate of drug-likeness (QED) is 0.278. The SMILES string of the molecule is N/C=C\N(N)CC1CN(c2ccc(-c3ccc(CNCCN)cc3)c(F)c2)C(=O)O1. The maximum atomic E-state index is 14.8. The number of carbonyl (C=O) groups is 1. The molecule has 0 radical (unpaired) electrons. The van der Waals surface area contributed by atoms with Crippen LogP contribution in [0.1, 0.15) is 5.56 Å². The molecule has 0 aliphatic carbocycles. The Kier molecular flexibility index (Phi) is 7.23. The van der Waals surface area contributed by atoms with Gasteiger partial charge in [-0.25, -0.2) is 15.0 Å². The van der Waals surface area contributed by atoms with Gasteiger partial charge in [-0.05, 0) is 29.3 Å². The molecule has 1 aliphatic heterocycles. The highest BCUT2D eigenvalue weighted by molar-refractivity contribution is 5.90. The summed E-state index contributed by atoms with van der Waals surface area (Å²) >= 11 is 0. The summed E-state index contributed by atoms with van der Waals surface area (Å²) in [6, 6.07) is 12.4. The van der Waals surface area contributed by atoms with Crippen molar-refractivity contribution in [1.29, 1.82) is 0 Å². The van der Waals surface area contributed by atoms with Crippen molar-refractivity contribution >= 4 is 11.8 Å². The topological polar surface area (TPSA) is 123 Å². The number of benzene rings is 2. The number of nitrogens with one attached hydrogen (secondary N) is 1. The summed E-state index contributed by atoms with van der Waals surface area (Å²) in [5.74, 6) is 5.32. The second-order valence-electron chi connectivity index (χ2n) is 6.98. The smallest absolute Gasteiger partial charge is 0.414 e. The van der Waals surface area contributed by atoms with Crippen LogP contribution in [0, 0.1) is 5.82 Å². The van der Waals surface area contributed by atoms with Crippen molar-refractivity contribution in [1.82, 2.24) is 10.3 Å². The molecule has 3 rings (SSSR count). The lowest BCUT2D eigenvalue weighted by Crippen LogP contribution is -2.36. The van der Waals surface area contributed by atoms with Gasteiger partial charge in [0.2, 0.25) is 0 Å². The maximum absolute atomic E-state index is 14.8. The number of hydrogen-bond acceptors (Lipinski definition) is 7. The van der Waals surface area contributed by atoms with Gasteiger partial charge in [0, 0.05) is 37.6 Å². The molecule has 1 heterocycles. The molecule has 9 heteroatoms. The molecule has 2 aromatic rings. The number of carbonyl (C=O) groups excluding carboxylic acids is 1. The van der Waals surface area contributed by atoms with Gasteiger partial charge in [-0.2, -0.15) is 0 Å². The Bertz CT molecular complexity index is 890. The van der Waals surface area contributed by atoms with Crippen LogP contribution in [-0.2, 0) is 11.3 Å². The van der Waals surface area contributed by atoms with Crippen LogP contribution in [0.4, 0.5) is 14.9 Å². The molecule has 0 bridgehead atoms. The van der Waals surface area contributed by atoms with E-state index in [1.807, 2.05) is 24.3 Å². The molecular formula is C21H27FN6O2. The van der Waals surface area contributed by atoms with Gasteiger partial charge in [0.25, 0.3) is 0 Å². The third-order valence-electron chi connectivity index (χ3n) is 4.75. The highest BCUT2D eigenvalue weighted by Crippen LogP contribution is 2.29. The van der Waals surface area contributed by atoms with Crippen molar-refractivity contribution < 1.29 is 13.9 Å². The Balaban J connectivity index is 1.68. The number of cyclic esters (lactones) is 1. The average molecular weight is 414 g/mol. The molecule has 0 aromatic heterocycles. The Morgan fingerprint density at radius 1 is 1.27 bits per heavy atom. The average Bonchev–Trinajstić information content (AvgIpc) is 3.09. The first-order chi connectivity index (χ1) is 14.5. The standard InChI is InChI=1S/C21H27FN6O2/c22-20-11-17(28-14-18(30-21(28)29)13-27(25)10-8-24)5-6-19(20)16-3-1-15(2-4-16)12-26-9-7-23/h1-6,8,10-11,18,26H,7,9,12-14,23-25H2/b10-8-. The fourth-order valence-corrected chi connectivity index (χ4v) is 3.28. The van der Waals surface area contributed by atoms with Crippen molar-refractivity contribution in [2.75, 3.05) is 31.1 Å². The van der Waals surface area contributed by atoms with Gasteiger partial charge >= 0.3 is 6.09 Å². The number of hydrogen-bond donors (Lipinski definition) is 4. The van der Waals surface area contributed by atoms with E-state index < -0.39 is 18.0 Å². The Labute approximate surface area is 175 Å². The largest absolute Gasteiger partial charge is 0.442 e. The zero-order chi connectivity index (χ0) is 21.5. The number of nitrogens with zero attached hydrogens (tertiary/aromatic N) is 2. The molecule has 2 aromatic carbocycles. The molecule has 7 N–H and O–H groups in total. The first-order valence-corrected chi connectivity index (χ1v) is 9.69. The van der Waals surface area contributed by atoms with E-state index in [4.69, 9.17) is 22.0 Å². The Hall–Kier alpha value is -3.14. The molecule has 0 saturated carbocycles. The summed E-state index contributed by atoms with van der Waals surface area (Å²) in [6.45, 7) is 2.58. The second-order valence-corrected chi connectivity index (χ2v) is 6.98. The number of nitrogens with two attached hydrogens (primary N) is 3. The summed E-state index contributed by atoms with van der Waals surface area (Å²) in [4.78, 5) is 13.6. The van der Waals surface area contributed by atoms with E-state index in [0.717, 1.165) is 17.7 Å². The molecule has 1 unspecified atom stereocenters. The minimum absolute atomic E-state index is 0.272. The highest BCUT2D eigenvalue weighted by atomic mass is 19.1. The van der Waals surface area contributed by atoms with Crippen LogP contribution in [0.2, 0.25) is 0 Å². The first kappa shape index (κ1) is 21.6. The van der Waals surface area contributed by atoms with Gasteiger partial charge in [0.15, 0.2) is 0 Å². The number of amides is 1. The van der Waals surface area contributed by atoms with Gasteiger partial charge in [-0.1, -0.05) is 24.3 Å². The maximum Gasteiger partial charge on any atom is 0.414 e. The van der Waals surface area contributed by atoms with Gasteiger partial charge < -0.3 is 26.5 Å². The number of rotatable bonds is 9. The van der Waals surface area contributed by atoms with Gasteiger partial charge in [-0.3, -0.25) is 4.90 Å².